The first-order valence-electron chi connectivity index (χ1n) is 10.7. The Balaban J connectivity index is 0.000000577. The molecule has 1 saturated heterocycles. The monoisotopic (exact) mass is 468 g/mol. The summed E-state index contributed by atoms with van der Waals surface area (Å²) in [5.41, 5.74) is 0.956. The average Bonchev–Trinajstić information content (AvgIpc) is 3.04. The Morgan fingerprint density at radius 2 is 1.15 bits per heavy atom. The summed E-state index contributed by atoms with van der Waals surface area (Å²) in [6.45, 7) is 22.7. The summed E-state index contributed by atoms with van der Waals surface area (Å²) in [7, 11) is 9.60. The SMILES string of the molecule is C1CCOC1.C[Si](C)(C)[C]([Al]([Cl])[Cl])([Si](C)(C)C)[Si](C)(C)C1CCCCC1. The molecule has 154 valence electrons. The van der Waals surface area contributed by atoms with Crippen LogP contribution in [0.2, 0.25) is 61.1 Å². The zero-order valence-electron chi connectivity index (χ0n) is 18.7. The fourth-order valence-corrected chi connectivity index (χ4v) is 59.9. The Bertz CT molecular complexity index is 402. The summed E-state index contributed by atoms with van der Waals surface area (Å²) in [5, 5.41) is 0. The normalized spacial score (nSPS) is 20.5. The number of rotatable bonds is 5. The molecule has 0 N–H and O–H groups in total. The molecule has 0 aromatic heterocycles. The molecule has 26 heavy (non-hydrogen) atoms. The van der Waals surface area contributed by atoms with Gasteiger partial charge >= 0.3 is 12.3 Å². The Hall–Kier alpha value is 1.72. The van der Waals surface area contributed by atoms with Gasteiger partial charge in [0.1, 0.15) is 0 Å². The second kappa shape index (κ2) is 10.2. The van der Waals surface area contributed by atoms with Gasteiger partial charge in [-0.2, -0.15) is 0 Å². The minimum Gasteiger partial charge on any atom is -0.381 e. The fraction of sp³-hybridized carbons (Fsp3) is 1.00. The van der Waals surface area contributed by atoms with Crippen molar-refractivity contribution in [3.63, 3.8) is 0 Å². The lowest BCUT2D eigenvalue weighted by atomic mass is 10.0. The highest BCUT2D eigenvalue weighted by Gasteiger charge is 2.68. The summed E-state index contributed by atoms with van der Waals surface area (Å²) >= 11 is -1.74. The summed E-state index contributed by atoms with van der Waals surface area (Å²) < 4.78 is 5.36. The standard InChI is InChI=1S/C15H35Si3.C4H8O.Al.2ClH/c1-16(2,3)15(17(4,5)6)18(7,8)14-12-10-9-11-13-14;1-2-4-5-3-1;;;/h14H,9-13H2,1-8H3;1-4H2;;2*1H/q;;+2;;/p-2. The van der Waals surface area contributed by atoms with Crippen molar-refractivity contribution in [2.75, 3.05) is 13.2 Å². The molecule has 0 unspecified atom stereocenters. The van der Waals surface area contributed by atoms with E-state index in [0.717, 1.165) is 18.8 Å². The van der Waals surface area contributed by atoms with Crippen molar-refractivity contribution in [1.82, 2.24) is 0 Å². The van der Waals surface area contributed by atoms with Crippen LogP contribution in [0.1, 0.15) is 44.9 Å². The molecule has 0 spiro atoms. The van der Waals surface area contributed by atoms with Crippen molar-refractivity contribution in [3.05, 3.63) is 0 Å². The predicted octanol–water partition coefficient (Wildman–Crippen LogP) is 7.83. The molecule has 0 aromatic carbocycles. The highest BCUT2D eigenvalue weighted by Crippen LogP contribution is 2.62. The molecule has 7 heteroatoms. The van der Waals surface area contributed by atoms with Crippen LogP contribution in [-0.4, -0.2) is 49.7 Å². The molecule has 0 bridgehead atoms. The first-order valence-corrected chi connectivity index (χ1v) is 24.8. The van der Waals surface area contributed by atoms with Crippen molar-refractivity contribution in [3.8, 4) is 0 Å². The van der Waals surface area contributed by atoms with Gasteiger partial charge in [-0.1, -0.05) is 87.6 Å². The maximum absolute atomic E-state index is 6.98. The van der Waals surface area contributed by atoms with Gasteiger partial charge in [0, 0.05) is 37.4 Å². The number of hydrogen-bond donors (Lipinski definition) is 0. The van der Waals surface area contributed by atoms with E-state index < -0.39 is 36.5 Å². The van der Waals surface area contributed by atoms with Gasteiger partial charge in [-0.05, 0) is 18.4 Å². The molecule has 2 rings (SSSR count). The molecule has 0 radical (unpaired) electrons. The van der Waals surface area contributed by atoms with Gasteiger partial charge in [-0.3, -0.25) is 0 Å². The molecule has 1 aliphatic heterocycles. The Morgan fingerprint density at radius 3 is 1.42 bits per heavy atom. The minimum absolute atomic E-state index is 0.415. The molecule has 1 aliphatic carbocycles. The van der Waals surface area contributed by atoms with Crippen molar-refractivity contribution in [2.24, 2.45) is 0 Å². The van der Waals surface area contributed by atoms with E-state index in [4.69, 9.17) is 24.8 Å². The van der Waals surface area contributed by atoms with Crippen molar-refractivity contribution >= 4 is 56.6 Å². The predicted molar refractivity (Wildman–Crippen MR) is 131 cm³/mol. The van der Waals surface area contributed by atoms with Gasteiger partial charge in [-0.25, -0.2) is 20.1 Å². The number of ether oxygens (including phenoxy) is 1. The second-order valence-corrected chi connectivity index (χ2v) is 34.6. The lowest BCUT2D eigenvalue weighted by Gasteiger charge is -2.62. The van der Waals surface area contributed by atoms with E-state index in [1.54, 1.807) is 0 Å². The van der Waals surface area contributed by atoms with Crippen LogP contribution >= 0.6 is 20.1 Å². The van der Waals surface area contributed by atoms with Crippen molar-refractivity contribution < 1.29 is 4.74 Å². The highest BCUT2D eigenvalue weighted by atomic mass is 35.7. The smallest absolute Gasteiger partial charge is 0.381 e. The van der Waals surface area contributed by atoms with Crippen LogP contribution in [0.4, 0.5) is 0 Å². The topological polar surface area (TPSA) is 9.23 Å². The molecule has 0 amide bonds. The number of hydrogen-bond acceptors (Lipinski definition) is 1. The number of halogens is 2. The van der Waals surface area contributed by atoms with Gasteiger partial charge in [0.25, 0.3) is 0 Å². The van der Waals surface area contributed by atoms with Gasteiger partial charge < -0.3 is 4.74 Å². The quantitative estimate of drug-likeness (QED) is 0.373. The zero-order chi connectivity index (χ0) is 20.2. The van der Waals surface area contributed by atoms with Crippen LogP contribution in [-0.2, 0) is 4.74 Å². The maximum atomic E-state index is 6.98. The van der Waals surface area contributed by atoms with Gasteiger partial charge in [0.2, 0.25) is 0 Å². The molecule has 1 saturated carbocycles. The third-order valence-electron chi connectivity index (χ3n) is 7.16. The molecule has 1 heterocycles. The Labute approximate surface area is 179 Å². The van der Waals surface area contributed by atoms with Crippen molar-refractivity contribution in [2.45, 2.75) is 106 Å². The first kappa shape index (κ1) is 25.8. The van der Waals surface area contributed by atoms with E-state index in [2.05, 4.69) is 52.4 Å². The van der Waals surface area contributed by atoms with Gasteiger partial charge in [0.15, 0.2) is 0 Å². The largest absolute Gasteiger partial charge is 0.517 e. The molecule has 2 fully saturated rings. The molecule has 2 aliphatic rings. The minimum atomic E-state index is -1.74. The highest BCUT2D eigenvalue weighted by molar-refractivity contribution is 7.48. The molecule has 0 atom stereocenters. The molecular formula is C19H43AlCl2OSi3. The third-order valence-corrected chi connectivity index (χ3v) is 45.4. The van der Waals surface area contributed by atoms with Crippen LogP contribution in [0.25, 0.3) is 0 Å². The Kier molecular flexibility index (Phi) is 10.1. The third kappa shape index (κ3) is 5.45. The summed E-state index contributed by atoms with van der Waals surface area (Å²) in [4.78, 5) is 0. The van der Waals surface area contributed by atoms with Crippen molar-refractivity contribution in [1.29, 1.82) is 0 Å². The van der Waals surface area contributed by atoms with Crippen LogP contribution in [0, 0.1) is 0 Å². The second-order valence-electron chi connectivity index (χ2n) is 11.0. The van der Waals surface area contributed by atoms with Crippen LogP contribution < -0.4 is 0 Å². The van der Waals surface area contributed by atoms with Crippen LogP contribution in [0.5, 0.6) is 0 Å². The van der Waals surface area contributed by atoms with E-state index in [9.17, 15) is 0 Å². The molecule has 1 nitrogen and oxygen atoms in total. The summed E-state index contributed by atoms with van der Waals surface area (Å²) in [6.07, 6.45) is 9.77. The maximum Gasteiger partial charge on any atom is 0.517 e. The average molecular weight is 470 g/mol. The van der Waals surface area contributed by atoms with Gasteiger partial charge in [0.05, 0.1) is 0 Å². The van der Waals surface area contributed by atoms with E-state index >= 15 is 0 Å². The van der Waals surface area contributed by atoms with E-state index in [-0.39, 0.29) is 0 Å². The first-order chi connectivity index (χ1) is 11.8. The van der Waals surface area contributed by atoms with Crippen LogP contribution in [0.15, 0.2) is 0 Å². The summed E-state index contributed by atoms with van der Waals surface area (Å²) in [6, 6.07) is 0. The Morgan fingerprint density at radius 1 is 0.731 bits per heavy atom. The lowest BCUT2D eigenvalue weighted by molar-refractivity contribution is 0.198. The lowest BCUT2D eigenvalue weighted by Crippen LogP contribution is -2.72. The molecule has 0 aromatic rings. The summed E-state index contributed by atoms with van der Waals surface area (Å²) in [5.74, 6) is 0. The van der Waals surface area contributed by atoms with Crippen LogP contribution in [0.3, 0.4) is 0 Å². The zero-order valence-corrected chi connectivity index (χ0v) is 24.3. The van der Waals surface area contributed by atoms with E-state index in [1.807, 2.05) is 0 Å². The van der Waals surface area contributed by atoms with E-state index in [1.165, 1.54) is 44.9 Å². The fourth-order valence-electron chi connectivity index (χ4n) is 6.65. The van der Waals surface area contributed by atoms with E-state index in [0.29, 0.717) is 3.15 Å². The molecular weight excluding hydrogens is 426 g/mol. The van der Waals surface area contributed by atoms with Gasteiger partial charge in [-0.15, -0.1) is 0 Å².